The lowest BCUT2D eigenvalue weighted by Gasteiger charge is -2.26. The van der Waals surface area contributed by atoms with Gasteiger partial charge in [0.15, 0.2) is 0 Å². The molecule has 1 aliphatic heterocycles. The average molecular weight is 263 g/mol. The van der Waals surface area contributed by atoms with Gasteiger partial charge in [0.05, 0.1) is 11.2 Å². The monoisotopic (exact) mass is 263 g/mol. The number of rotatable bonds is 2. The van der Waals surface area contributed by atoms with E-state index in [1.54, 1.807) is 36.6 Å². The molecule has 3 rings (SSSR count). The number of anilines is 1. The Morgan fingerprint density at radius 2 is 1.89 bits per heavy atom. The van der Waals surface area contributed by atoms with Crippen LogP contribution >= 0.6 is 0 Å². The predicted octanol–water partition coefficient (Wildman–Crippen LogP) is 2.42. The Morgan fingerprint density at radius 1 is 1.11 bits per heavy atom. The Bertz CT molecular complexity index is 646. The summed E-state index contributed by atoms with van der Waals surface area (Å²) in [5, 5.41) is 0. The van der Waals surface area contributed by atoms with Crippen LogP contribution in [0.1, 0.15) is 12.0 Å². The third-order valence-corrected chi connectivity index (χ3v) is 4.89. The van der Waals surface area contributed by atoms with E-state index in [-0.39, 0.29) is 0 Å². The molecule has 0 saturated carbocycles. The lowest BCUT2D eigenvalue weighted by molar-refractivity contribution is 0.536. The zero-order chi connectivity index (χ0) is 12.6. The molecule has 1 aliphatic rings. The van der Waals surface area contributed by atoms with Crippen LogP contribution in [0.3, 0.4) is 0 Å². The van der Waals surface area contributed by atoms with Gasteiger partial charge in [0.1, 0.15) is 0 Å². The molecule has 0 fully saturated rings. The Balaban J connectivity index is 2.08. The molecule has 0 saturated heterocycles. The number of hydrogen-bond acceptors (Lipinski definition) is 3. The van der Waals surface area contributed by atoms with Crippen molar-refractivity contribution in [2.45, 2.75) is 17.7 Å². The minimum absolute atomic E-state index is 0.300. The van der Waals surface area contributed by atoms with Gasteiger partial charge in [0.25, 0.3) is 10.0 Å². The molecule has 0 radical (unpaired) electrons. The average Bonchev–Trinajstić information content (AvgIpc) is 2.87. The Hall–Kier alpha value is -1.75. The molecular weight excluding hydrogens is 250 g/mol. The maximum absolute atomic E-state index is 12.5. The zero-order valence-electron chi connectivity index (χ0n) is 9.74. The molecule has 0 bridgehead atoms. The van der Waals surface area contributed by atoms with Crippen molar-refractivity contribution in [1.29, 1.82) is 0 Å². The van der Waals surface area contributed by atoms with Crippen molar-refractivity contribution < 1.29 is 12.8 Å². The summed E-state index contributed by atoms with van der Waals surface area (Å²) in [6.07, 6.45) is 3.23. The van der Waals surface area contributed by atoms with E-state index in [0.717, 1.165) is 18.4 Å². The number of fused-ring (bicyclic) bond motifs is 1. The van der Waals surface area contributed by atoms with Crippen molar-refractivity contribution in [3.8, 4) is 0 Å². The number of sulfonamides is 1. The van der Waals surface area contributed by atoms with E-state index in [0.29, 0.717) is 17.3 Å². The van der Waals surface area contributed by atoms with Gasteiger partial charge in [-0.05, 0) is 31.0 Å². The molecule has 0 amide bonds. The fraction of sp³-hybridized carbons (Fsp3) is 0.231. The second-order valence-corrected chi connectivity index (χ2v) is 6.11. The first-order valence-electron chi connectivity index (χ1n) is 5.84. The fourth-order valence-electron chi connectivity index (χ4n) is 2.20. The van der Waals surface area contributed by atoms with E-state index >= 15 is 0 Å². The highest BCUT2D eigenvalue weighted by molar-refractivity contribution is 7.92. The first kappa shape index (κ1) is 11.3. The van der Waals surface area contributed by atoms with Gasteiger partial charge in [-0.15, -0.1) is 0 Å². The molecule has 0 N–H and O–H groups in total. The highest BCUT2D eigenvalue weighted by Crippen LogP contribution is 2.32. The van der Waals surface area contributed by atoms with E-state index < -0.39 is 10.0 Å². The van der Waals surface area contributed by atoms with Crippen molar-refractivity contribution in [2.75, 3.05) is 10.8 Å². The van der Waals surface area contributed by atoms with Crippen molar-refractivity contribution in [2.24, 2.45) is 0 Å². The van der Waals surface area contributed by atoms with E-state index in [1.165, 1.54) is 4.31 Å². The Morgan fingerprint density at radius 3 is 2.67 bits per heavy atom. The lowest BCUT2D eigenvalue weighted by Crippen LogP contribution is -2.34. The lowest BCUT2D eigenvalue weighted by atomic mass is 10.1. The van der Waals surface area contributed by atoms with Gasteiger partial charge in [0, 0.05) is 12.1 Å². The molecule has 0 aliphatic carbocycles. The standard InChI is InChI=1S/C13H13NO3S/c15-18(16,12-6-2-1-3-7-12)14-9-4-5-11-8-10-17-13(11)14/h1-3,6-8,10H,4-5,9H2. The highest BCUT2D eigenvalue weighted by atomic mass is 32.2. The van der Waals surface area contributed by atoms with Crippen LogP contribution in [0.5, 0.6) is 0 Å². The predicted molar refractivity (Wildman–Crippen MR) is 68.0 cm³/mol. The number of aryl methyl sites for hydroxylation is 1. The first-order chi connectivity index (χ1) is 8.69. The molecular formula is C13H13NO3S. The van der Waals surface area contributed by atoms with Crippen molar-refractivity contribution in [3.63, 3.8) is 0 Å². The first-order valence-corrected chi connectivity index (χ1v) is 7.28. The van der Waals surface area contributed by atoms with Crippen LogP contribution in [0.4, 0.5) is 5.88 Å². The van der Waals surface area contributed by atoms with Gasteiger partial charge in [-0.25, -0.2) is 12.7 Å². The summed E-state index contributed by atoms with van der Waals surface area (Å²) in [6, 6.07) is 10.3. The van der Waals surface area contributed by atoms with E-state index in [2.05, 4.69) is 0 Å². The van der Waals surface area contributed by atoms with Gasteiger partial charge in [-0.3, -0.25) is 0 Å². The summed E-state index contributed by atoms with van der Waals surface area (Å²) >= 11 is 0. The van der Waals surface area contributed by atoms with Crippen LogP contribution in [0.2, 0.25) is 0 Å². The van der Waals surface area contributed by atoms with E-state index in [1.807, 2.05) is 6.07 Å². The second kappa shape index (κ2) is 4.17. The van der Waals surface area contributed by atoms with E-state index in [9.17, 15) is 8.42 Å². The van der Waals surface area contributed by atoms with Crippen LogP contribution < -0.4 is 4.31 Å². The summed E-state index contributed by atoms with van der Waals surface area (Å²) in [5.41, 5.74) is 0.959. The summed E-state index contributed by atoms with van der Waals surface area (Å²) in [5.74, 6) is 0.463. The summed E-state index contributed by atoms with van der Waals surface area (Å²) in [7, 11) is -3.51. The summed E-state index contributed by atoms with van der Waals surface area (Å²) in [6.45, 7) is 0.470. The number of hydrogen-bond donors (Lipinski definition) is 0. The molecule has 1 aromatic heterocycles. The van der Waals surface area contributed by atoms with Crippen molar-refractivity contribution in [3.05, 3.63) is 48.2 Å². The maximum Gasteiger partial charge on any atom is 0.266 e. The number of furan rings is 1. The smallest absolute Gasteiger partial charge is 0.266 e. The molecule has 2 heterocycles. The van der Waals surface area contributed by atoms with Gasteiger partial charge in [-0.1, -0.05) is 18.2 Å². The van der Waals surface area contributed by atoms with Crippen molar-refractivity contribution in [1.82, 2.24) is 0 Å². The molecule has 18 heavy (non-hydrogen) atoms. The Labute approximate surface area is 106 Å². The normalized spacial score (nSPS) is 15.4. The summed E-state index contributed by atoms with van der Waals surface area (Å²) < 4.78 is 31.7. The molecule has 1 aromatic carbocycles. The Kier molecular flexibility index (Phi) is 2.63. The molecule has 0 atom stereocenters. The third-order valence-electron chi connectivity index (χ3n) is 3.09. The van der Waals surface area contributed by atoms with Crippen LogP contribution in [-0.4, -0.2) is 15.0 Å². The van der Waals surface area contributed by atoms with Crippen LogP contribution in [0.15, 0.2) is 52.0 Å². The van der Waals surface area contributed by atoms with Crippen LogP contribution in [0.25, 0.3) is 0 Å². The molecule has 0 unspecified atom stereocenters. The quantitative estimate of drug-likeness (QED) is 0.836. The van der Waals surface area contributed by atoms with Crippen molar-refractivity contribution >= 4 is 15.9 Å². The van der Waals surface area contributed by atoms with Gasteiger partial charge in [0.2, 0.25) is 5.88 Å². The van der Waals surface area contributed by atoms with Crippen LogP contribution in [0, 0.1) is 0 Å². The largest absolute Gasteiger partial charge is 0.447 e. The maximum atomic E-state index is 12.5. The molecule has 94 valence electrons. The molecule has 0 spiro atoms. The summed E-state index contributed by atoms with van der Waals surface area (Å²) in [4.78, 5) is 0.300. The van der Waals surface area contributed by atoms with E-state index in [4.69, 9.17) is 4.42 Å². The van der Waals surface area contributed by atoms with Gasteiger partial charge < -0.3 is 4.42 Å². The second-order valence-electron chi connectivity index (χ2n) is 4.24. The topological polar surface area (TPSA) is 50.5 Å². The van der Waals surface area contributed by atoms with Crippen LogP contribution in [-0.2, 0) is 16.4 Å². The SMILES string of the molecule is O=S(=O)(c1ccccc1)N1CCCc2ccoc21. The van der Waals surface area contributed by atoms with Gasteiger partial charge >= 0.3 is 0 Å². The number of nitrogens with zero attached hydrogens (tertiary/aromatic N) is 1. The fourth-order valence-corrected chi connectivity index (χ4v) is 3.70. The highest BCUT2D eigenvalue weighted by Gasteiger charge is 2.31. The minimum Gasteiger partial charge on any atom is -0.447 e. The molecule has 5 heteroatoms. The number of benzene rings is 1. The molecule has 2 aromatic rings. The zero-order valence-corrected chi connectivity index (χ0v) is 10.6. The third kappa shape index (κ3) is 1.71. The van der Waals surface area contributed by atoms with Gasteiger partial charge in [-0.2, -0.15) is 0 Å². The molecule has 4 nitrogen and oxygen atoms in total. The minimum atomic E-state index is -3.51.